The molecule has 2 aromatic carbocycles. The number of ether oxygens (including phenoxy) is 2. The van der Waals surface area contributed by atoms with Gasteiger partial charge >= 0.3 is 5.97 Å². The fourth-order valence-electron chi connectivity index (χ4n) is 2.29. The van der Waals surface area contributed by atoms with Crippen LogP contribution in [0.4, 0.5) is 0 Å². The molecule has 0 bridgehead atoms. The van der Waals surface area contributed by atoms with E-state index in [-0.39, 0.29) is 24.3 Å². The topological polar surface area (TPSA) is 90.6 Å². The van der Waals surface area contributed by atoms with Gasteiger partial charge in [0.15, 0.2) is 0 Å². The first-order valence-corrected chi connectivity index (χ1v) is 8.48. The van der Waals surface area contributed by atoms with Gasteiger partial charge in [-0.2, -0.15) is 0 Å². The van der Waals surface area contributed by atoms with Gasteiger partial charge in [0.05, 0.1) is 13.7 Å². The number of methoxy groups -OCH3 is 1. The van der Waals surface area contributed by atoms with Crippen molar-refractivity contribution in [3.8, 4) is 5.75 Å². The molecule has 0 spiro atoms. The van der Waals surface area contributed by atoms with Crippen LogP contribution in [0.15, 0.2) is 48.5 Å². The monoisotopic (exact) mass is 392 g/mol. The lowest BCUT2D eigenvalue weighted by molar-refractivity contribution is -0.140. The first-order valence-electron chi connectivity index (χ1n) is 8.48. The molecule has 0 aliphatic rings. The van der Waals surface area contributed by atoms with Gasteiger partial charge in [-0.25, -0.2) is 0 Å². The Morgan fingerprint density at radius 1 is 1.00 bits per heavy atom. The van der Waals surface area contributed by atoms with Crippen LogP contribution >= 0.6 is 12.4 Å². The Morgan fingerprint density at radius 2 is 1.63 bits per heavy atom. The Balaban J connectivity index is 0.00000364. The summed E-state index contributed by atoms with van der Waals surface area (Å²) in [7, 11) is 1.37. The number of halogens is 1. The predicted molar refractivity (Wildman–Crippen MR) is 106 cm³/mol. The van der Waals surface area contributed by atoms with Crippen LogP contribution in [0, 0.1) is 0 Å². The lowest BCUT2D eigenvalue weighted by Crippen LogP contribution is -2.22. The summed E-state index contributed by atoms with van der Waals surface area (Å²) >= 11 is 0. The predicted octanol–water partition coefficient (Wildman–Crippen LogP) is 2.83. The standard InChI is InChI=1S/C20H24N2O4.ClH/c1-25-19(23)3-2-12-26-18-10-6-16(7-11-18)14-22-20(24)17-8-4-15(13-21)5-9-17;/h4-11H,2-3,12-14,21H2,1H3,(H,22,24);1H. The first kappa shape index (κ1) is 22.5. The molecule has 27 heavy (non-hydrogen) atoms. The zero-order valence-electron chi connectivity index (χ0n) is 15.3. The molecule has 7 heteroatoms. The molecule has 0 radical (unpaired) electrons. The second-order valence-corrected chi connectivity index (χ2v) is 5.76. The number of carbonyl (C=O) groups excluding carboxylic acids is 2. The van der Waals surface area contributed by atoms with Crippen molar-refractivity contribution in [2.75, 3.05) is 13.7 Å². The van der Waals surface area contributed by atoms with E-state index in [1.807, 2.05) is 36.4 Å². The molecule has 0 atom stereocenters. The fraction of sp³-hybridized carbons (Fsp3) is 0.300. The summed E-state index contributed by atoms with van der Waals surface area (Å²) in [5, 5.41) is 2.88. The summed E-state index contributed by atoms with van der Waals surface area (Å²) in [5.41, 5.74) is 8.11. The number of nitrogens with two attached hydrogens (primary N) is 1. The van der Waals surface area contributed by atoms with E-state index in [4.69, 9.17) is 10.5 Å². The third-order valence-electron chi connectivity index (χ3n) is 3.85. The van der Waals surface area contributed by atoms with Crippen molar-refractivity contribution < 1.29 is 19.1 Å². The summed E-state index contributed by atoms with van der Waals surface area (Å²) in [5.74, 6) is 0.358. The highest BCUT2D eigenvalue weighted by Gasteiger charge is 2.05. The Hall–Kier alpha value is -2.57. The molecule has 0 aliphatic carbocycles. The molecule has 3 N–H and O–H groups in total. The molecule has 2 rings (SSSR count). The van der Waals surface area contributed by atoms with Gasteiger partial charge < -0.3 is 20.5 Å². The number of amides is 1. The quantitative estimate of drug-likeness (QED) is 0.505. The Bertz CT molecular complexity index is 718. The molecule has 6 nitrogen and oxygen atoms in total. The van der Waals surface area contributed by atoms with Gasteiger partial charge in [0.25, 0.3) is 5.91 Å². The largest absolute Gasteiger partial charge is 0.494 e. The maximum Gasteiger partial charge on any atom is 0.305 e. The van der Waals surface area contributed by atoms with Crippen LogP contribution in [0.1, 0.15) is 34.3 Å². The van der Waals surface area contributed by atoms with Crippen molar-refractivity contribution in [3.05, 3.63) is 65.2 Å². The zero-order valence-corrected chi connectivity index (χ0v) is 16.1. The number of carbonyl (C=O) groups is 2. The number of hydrogen-bond donors (Lipinski definition) is 2. The van der Waals surface area contributed by atoms with Gasteiger partial charge in [-0.1, -0.05) is 24.3 Å². The van der Waals surface area contributed by atoms with Crippen molar-refractivity contribution in [1.82, 2.24) is 5.32 Å². The highest BCUT2D eigenvalue weighted by atomic mass is 35.5. The molecule has 0 unspecified atom stereocenters. The molecule has 1 amide bonds. The Kier molecular flexibility index (Phi) is 9.93. The minimum Gasteiger partial charge on any atom is -0.494 e. The Morgan fingerprint density at radius 3 is 2.22 bits per heavy atom. The summed E-state index contributed by atoms with van der Waals surface area (Å²) in [6.07, 6.45) is 0.945. The van der Waals surface area contributed by atoms with Crippen LogP contribution in [-0.4, -0.2) is 25.6 Å². The second-order valence-electron chi connectivity index (χ2n) is 5.76. The van der Waals surface area contributed by atoms with Gasteiger partial charge in [-0.05, 0) is 41.8 Å². The fourth-order valence-corrected chi connectivity index (χ4v) is 2.29. The summed E-state index contributed by atoms with van der Waals surface area (Å²) in [6, 6.07) is 14.7. The van der Waals surface area contributed by atoms with Crippen LogP contribution in [0.25, 0.3) is 0 Å². The minimum atomic E-state index is -0.239. The first-order chi connectivity index (χ1) is 12.6. The average molecular weight is 393 g/mol. The molecule has 0 fully saturated rings. The molecule has 0 heterocycles. The summed E-state index contributed by atoms with van der Waals surface area (Å²) < 4.78 is 10.1. The number of benzene rings is 2. The average Bonchev–Trinajstić information content (AvgIpc) is 2.70. The van der Waals surface area contributed by atoms with E-state index in [0.717, 1.165) is 16.9 Å². The smallest absolute Gasteiger partial charge is 0.305 e. The van der Waals surface area contributed by atoms with Crippen molar-refractivity contribution in [1.29, 1.82) is 0 Å². The molecule has 0 saturated carbocycles. The second kappa shape index (κ2) is 11.9. The molecular weight excluding hydrogens is 368 g/mol. The van der Waals surface area contributed by atoms with E-state index in [2.05, 4.69) is 10.1 Å². The highest BCUT2D eigenvalue weighted by molar-refractivity contribution is 5.94. The summed E-state index contributed by atoms with van der Waals surface area (Å²) in [6.45, 7) is 1.34. The molecular formula is C20H25ClN2O4. The normalized spacial score (nSPS) is 9.85. The van der Waals surface area contributed by atoms with E-state index in [9.17, 15) is 9.59 Å². The summed E-state index contributed by atoms with van der Waals surface area (Å²) in [4.78, 5) is 23.1. The lowest BCUT2D eigenvalue weighted by Gasteiger charge is -2.08. The zero-order chi connectivity index (χ0) is 18.8. The van der Waals surface area contributed by atoms with Crippen molar-refractivity contribution in [2.45, 2.75) is 25.9 Å². The number of rotatable bonds is 9. The van der Waals surface area contributed by atoms with Crippen molar-refractivity contribution in [3.63, 3.8) is 0 Å². The highest BCUT2D eigenvalue weighted by Crippen LogP contribution is 2.13. The van der Waals surface area contributed by atoms with E-state index >= 15 is 0 Å². The third kappa shape index (κ3) is 7.68. The maximum atomic E-state index is 12.1. The number of esters is 1. The molecule has 0 saturated heterocycles. The van der Waals surface area contributed by atoms with E-state index in [0.29, 0.717) is 38.1 Å². The van der Waals surface area contributed by atoms with Gasteiger partial charge in [0.1, 0.15) is 5.75 Å². The van der Waals surface area contributed by atoms with Crippen LogP contribution in [0.5, 0.6) is 5.75 Å². The third-order valence-corrected chi connectivity index (χ3v) is 3.85. The van der Waals surface area contributed by atoms with Crippen LogP contribution in [0.2, 0.25) is 0 Å². The van der Waals surface area contributed by atoms with E-state index < -0.39 is 0 Å². The van der Waals surface area contributed by atoms with E-state index in [1.54, 1.807) is 12.1 Å². The number of nitrogens with one attached hydrogen (secondary N) is 1. The van der Waals surface area contributed by atoms with E-state index in [1.165, 1.54) is 7.11 Å². The van der Waals surface area contributed by atoms with Crippen LogP contribution in [0.3, 0.4) is 0 Å². The van der Waals surface area contributed by atoms with Crippen LogP contribution < -0.4 is 15.8 Å². The Labute approximate surface area is 165 Å². The maximum absolute atomic E-state index is 12.1. The van der Waals surface area contributed by atoms with Gasteiger partial charge in [-0.3, -0.25) is 9.59 Å². The van der Waals surface area contributed by atoms with Gasteiger partial charge in [0.2, 0.25) is 0 Å². The van der Waals surface area contributed by atoms with Crippen molar-refractivity contribution >= 4 is 24.3 Å². The van der Waals surface area contributed by atoms with Gasteiger partial charge in [-0.15, -0.1) is 12.4 Å². The molecule has 2 aromatic rings. The van der Waals surface area contributed by atoms with Crippen molar-refractivity contribution in [2.24, 2.45) is 5.73 Å². The minimum absolute atomic E-state index is 0. The lowest BCUT2D eigenvalue weighted by atomic mass is 10.1. The van der Waals surface area contributed by atoms with Gasteiger partial charge in [0, 0.05) is 25.1 Å². The van der Waals surface area contributed by atoms with Crippen LogP contribution in [-0.2, 0) is 22.6 Å². The molecule has 146 valence electrons. The molecule has 0 aromatic heterocycles. The number of hydrogen-bond acceptors (Lipinski definition) is 5. The molecule has 0 aliphatic heterocycles. The SMILES string of the molecule is COC(=O)CCCOc1ccc(CNC(=O)c2ccc(CN)cc2)cc1.Cl.